The molecule has 23 heavy (non-hydrogen) atoms. The number of ether oxygens (including phenoxy) is 2. The Morgan fingerprint density at radius 3 is 2.35 bits per heavy atom. The number of hydrogen-bond acceptors (Lipinski definition) is 4. The second kappa shape index (κ2) is 4.65. The van der Waals surface area contributed by atoms with Crippen molar-refractivity contribution < 1.29 is 19.1 Å². The second-order valence-corrected chi connectivity index (χ2v) is 7.08. The highest BCUT2D eigenvalue weighted by Crippen LogP contribution is 2.53. The Bertz CT molecular complexity index is 663. The van der Waals surface area contributed by atoms with E-state index in [1.807, 2.05) is 13.8 Å². The highest BCUT2D eigenvalue weighted by atomic mass is 16.8. The summed E-state index contributed by atoms with van der Waals surface area (Å²) >= 11 is 0. The normalized spacial score (nSPS) is 34.8. The van der Waals surface area contributed by atoms with Crippen molar-refractivity contribution >= 4 is 11.8 Å². The van der Waals surface area contributed by atoms with E-state index < -0.39 is 11.5 Å². The fraction of sp³-hybridized carbons (Fsp3) is 0.556. The molecular weight excluding hydrogens is 294 g/mol. The molecule has 0 spiro atoms. The molecule has 3 aliphatic rings. The molecule has 3 unspecified atom stereocenters. The molecule has 1 aliphatic carbocycles. The molecule has 0 aromatic heterocycles. The van der Waals surface area contributed by atoms with Crippen LogP contribution in [0.15, 0.2) is 24.3 Å². The standard InChI is InChI=1S/C18H21NO4/c1-4-11-9-10-18(14(11)22-17(2,3)23-18)19-15(20)12-7-5-6-8-13(12)16(19)21/h5-8,11,14H,4,9-10H2,1-3H3. The van der Waals surface area contributed by atoms with Gasteiger partial charge in [-0.3, -0.25) is 9.59 Å². The van der Waals surface area contributed by atoms with E-state index in [9.17, 15) is 9.59 Å². The molecule has 3 atom stereocenters. The van der Waals surface area contributed by atoms with Gasteiger partial charge in [-0.2, -0.15) is 0 Å². The number of fused-ring (bicyclic) bond motifs is 2. The zero-order chi connectivity index (χ0) is 16.4. The van der Waals surface area contributed by atoms with Crippen LogP contribution in [0, 0.1) is 5.92 Å². The summed E-state index contributed by atoms with van der Waals surface area (Å²) in [5, 5.41) is 0. The zero-order valence-corrected chi connectivity index (χ0v) is 13.7. The van der Waals surface area contributed by atoms with Crippen LogP contribution < -0.4 is 0 Å². The molecule has 2 heterocycles. The van der Waals surface area contributed by atoms with Crippen LogP contribution in [-0.4, -0.2) is 34.3 Å². The number of benzene rings is 1. The van der Waals surface area contributed by atoms with Crippen LogP contribution in [0.4, 0.5) is 0 Å². The minimum absolute atomic E-state index is 0.260. The fourth-order valence-corrected chi connectivity index (χ4v) is 4.34. The summed E-state index contributed by atoms with van der Waals surface area (Å²) in [6.45, 7) is 5.80. The number of rotatable bonds is 2. The zero-order valence-electron chi connectivity index (χ0n) is 13.7. The molecule has 5 nitrogen and oxygen atoms in total. The largest absolute Gasteiger partial charge is 0.342 e. The summed E-state index contributed by atoms with van der Waals surface area (Å²) in [4.78, 5) is 27.1. The van der Waals surface area contributed by atoms with Crippen molar-refractivity contribution in [2.45, 2.75) is 57.6 Å². The van der Waals surface area contributed by atoms with Gasteiger partial charge in [0.25, 0.3) is 11.8 Å². The van der Waals surface area contributed by atoms with Crippen molar-refractivity contribution in [1.29, 1.82) is 0 Å². The molecule has 0 N–H and O–H groups in total. The summed E-state index contributed by atoms with van der Waals surface area (Å²) in [6.07, 6.45) is 2.20. The Balaban J connectivity index is 1.81. The summed E-state index contributed by atoms with van der Waals surface area (Å²) in [5.41, 5.74) is -0.0602. The summed E-state index contributed by atoms with van der Waals surface area (Å²) in [5.74, 6) is -1.04. The van der Waals surface area contributed by atoms with Crippen molar-refractivity contribution in [3.05, 3.63) is 35.4 Å². The number of carbonyl (C=O) groups is 2. The van der Waals surface area contributed by atoms with E-state index >= 15 is 0 Å². The second-order valence-electron chi connectivity index (χ2n) is 7.08. The third kappa shape index (κ3) is 1.86. The Labute approximate surface area is 135 Å². The van der Waals surface area contributed by atoms with Crippen molar-refractivity contribution in [3.8, 4) is 0 Å². The average molecular weight is 315 g/mol. The summed E-state index contributed by atoms with van der Waals surface area (Å²) in [7, 11) is 0. The van der Waals surface area contributed by atoms with Crippen LogP contribution in [0.1, 0.15) is 60.7 Å². The van der Waals surface area contributed by atoms with Gasteiger partial charge in [0.05, 0.1) is 11.1 Å². The van der Waals surface area contributed by atoms with Crippen molar-refractivity contribution in [2.75, 3.05) is 0 Å². The highest BCUT2D eigenvalue weighted by molar-refractivity contribution is 6.21. The highest BCUT2D eigenvalue weighted by Gasteiger charge is 2.66. The van der Waals surface area contributed by atoms with Gasteiger partial charge in [-0.05, 0) is 44.7 Å². The molecule has 2 fully saturated rings. The molecule has 1 saturated heterocycles. The fourth-order valence-electron chi connectivity index (χ4n) is 4.34. The molecule has 122 valence electrons. The molecule has 0 radical (unpaired) electrons. The van der Waals surface area contributed by atoms with E-state index in [-0.39, 0.29) is 17.9 Å². The first kappa shape index (κ1) is 14.8. The average Bonchev–Trinajstić information content (AvgIpc) is 3.06. The van der Waals surface area contributed by atoms with Crippen LogP contribution >= 0.6 is 0 Å². The topological polar surface area (TPSA) is 55.8 Å². The molecule has 4 rings (SSSR count). The van der Waals surface area contributed by atoms with E-state index in [1.54, 1.807) is 24.3 Å². The molecule has 1 aromatic carbocycles. The monoisotopic (exact) mass is 315 g/mol. The smallest absolute Gasteiger partial charge is 0.264 e. The number of carbonyl (C=O) groups excluding carboxylic acids is 2. The summed E-state index contributed by atoms with van der Waals surface area (Å²) < 4.78 is 12.3. The van der Waals surface area contributed by atoms with Crippen LogP contribution in [0.25, 0.3) is 0 Å². The first-order chi connectivity index (χ1) is 10.9. The van der Waals surface area contributed by atoms with E-state index in [1.165, 1.54) is 4.90 Å². The lowest BCUT2D eigenvalue weighted by molar-refractivity contribution is -0.189. The number of imide groups is 1. The van der Waals surface area contributed by atoms with E-state index in [2.05, 4.69) is 6.92 Å². The predicted molar refractivity (Wildman–Crippen MR) is 82.7 cm³/mol. The lowest BCUT2D eigenvalue weighted by Gasteiger charge is -2.36. The maximum atomic E-state index is 12.9. The first-order valence-corrected chi connectivity index (χ1v) is 8.25. The molecule has 5 heteroatoms. The van der Waals surface area contributed by atoms with E-state index in [0.29, 0.717) is 23.5 Å². The van der Waals surface area contributed by atoms with Crippen LogP contribution in [0.5, 0.6) is 0 Å². The van der Waals surface area contributed by atoms with Crippen LogP contribution in [0.2, 0.25) is 0 Å². The molecule has 1 saturated carbocycles. The Morgan fingerprint density at radius 2 is 1.78 bits per heavy atom. The summed E-state index contributed by atoms with van der Waals surface area (Å²) in [6, 6.07) is 6.97. The molecule has 2 aliphatic heterocycles. The molecule has 0 bridgehead atoms. The minimum Gasteiger partial charge on any atom is -0.342 e. The van der Waals surface area contributed by atoms with E-state index in [4.69, 9.17) is 9.47 Å². The minimum atomic E-state index is -0.975. The maximum absolute atomic E-state index is 12.9. The molecular formula is C18H21NO4. The number of amides is 2. The lowest BCUT2D eigenvalue weighted by atomic mass is 9.99. The Kier molecular flexibility index (Phi) is 3.00. The first-order valence-electron chi connectivity index (χ1n) is 8.25. The Morgan fingerprint density at radius 1 is 1.17 bits per heavy atom. The third-order valence-corrected chi connectivity index (χ3v) is 5.28. The van der Waals surface area contributed by atoms with Gasteiger partial charge >= 0.3 is 0 Å². The van der Waals surface area contributed by atoms with Crippen LogP contribution in [0.3, 0.4) is 0 Å². The predicted octanol–water partition coefficient (Wildman–Crippen LogP) is 2.95. The lowest BCUT2D eigenvalue weighted by Crippen LogP contribution is -2.56. The molecule has 2 amide bonds. The Hall–Kier alpha value is -1.72. The van der Waals surface area contributed by atoms with Crippen LogP contribution in [-0.2, 0) is 9.47 Å². The van der Waals surface area contributed by atoms with Gasteiger partial charge in [0, 0.05) is 0 Å². The van der Waals surface area contributed by atoms with Gasteiger partial charge in [-0.15, -0.1) is 0 Å². The quantitative estimate of drug-likeness (QED) is 0.787. The van der Waals surface area contributed by atoms with Gasteiger partial charge in [0.2, 0.25) is 0 Å². The van der Waals surface area contributed by atoms with Crippen molar-refractivity contribution in [2.24, 2.45) is 5.92 Å². The molecule has 1 aromatic rings. The van der Waals surface area contributed by atoms with Gasteiger partial charge < -0.3 is 9.47 Å². The van der Waals surface area contributed by atoms with Gasteiger partial charge in [0.1, 0.15) is 6.10 Å². The number of nitrogens with zero attached hydrogens (tertiary/aromatic N) is 1. The van der Waals surface area contributed by atoms with Gasteiger partial charge in [0.15, 0.2) is 11.5 Å². The van der Waals surface area contributed by atoms with Gasteiger partial charge in [-0.1, -0.05) is 25.5 Å². The number of hydrogen-bond donors (Lipinski definition) is 0. The van der Waals surface area contributed by atoms with E-state index in [0.717, 1.165) is 12.8 Å². The van der Waals surface area contributed by atoms with Gasteiger partial charge in [-0.25, -0.2) is 4.90 Å². The van der Waals surface area contributed by atoms with Crippen molar-refractivity contribution in [1.82, 2.24) is 4.90 Å². The maximum Gasteiger partial charge on any atom is 0.264 e. The SMILES string of the molecule is CCC1CCC2(N3C(=O)c4ccccc4C3=O)OC(C)(C)OC12. The third-order valence-electron chi connectivity index (χ3n) is 5.28. The van der Waals surface area contributed by atoms with Crippen molar-refractivity contribution in [3.63, 3.8) is 0 Å².